The van der Waals surface area contributed by atoms with Gasteiger partial charge in [0.05, 0.1) is 0 Å². The van der Waals surface area contributed by atoms with E-state index in [-0.39, 0.29) is 13.0 Å². The molecule has 0 unspecified atom stereocenters. The van der Waals surface area contributed by atoms with E-state index in [1.54, 1.807) is 6.92 Å². The van der Waals surface area contributed by atoms with Crippen LogP contribution in [0, 0.1) is 0 Å². The molecule has 0 radical (unpaired) electrons. The molecule has 0 heterocycles. The summed E-state index contributed by atoms with van der Waals surface area (Å²) in [4.78, 5) is 0. The Kier molecular flexibility index (Phi) is 3.39. The van der Waals surface area contributed by atoms with Crippen molar-refractivity contribution >= 4 is 0 Å². The van der Waals surface area contributed by atoms with Crippen LogP contribution in [0.15, 0.2) is 12.2 Å². The van der Waals surface area contributed by atoms with Gasteiger partial charge in [-0.25, -0.2) is 8.78 Å². The first-order chi connectivity index (χ1) is 4.12. The summed E-state index contributed by atoms with van der Waals surface area (Å²) >= 11 is 0. The zero-order valence-corrected chi connectivity index (χ0v) is 5.40. The van der Waals surface area contributed by atoms with E-state index >= 15 is 0 Å². The highest BCUT2D eigenvalue weighted by atomic mass is 19.3. The summed E-state index contributed by atoms with van der Waals surface area (Å²) in [6, 6.07) is 0. The van der Waals surface area contributed by atoms with Crippen LogP contribution < -0.4 is 5.73 Å². The minimum Gasteiger partial charge on any atom is -0.330 e. The van der Waals surface area contributed by atoms with Crippen LogP contribution in [0.1, 0.15) is 13.3 Å². The fourth-order valence-electron chi connectivity index (χ4n) is 0.520. The normalized spacial score (nSPS) is 12.9. The Hall–Kier alpha value is -0.440. The van der Waals surface area contributed by atoms with Crippen molar-refractivity contribution in [3.8, 4) is 0 Å². The van der Waals surface area contributed by atoms with Crippen molar-refractivity contribution < 1.29 is 8.78 Å². The first-order valence-corrected chi connectivity index (χ1v) is 2.84. The van der Waals surface area contributed by atoms with Crippen LogP contribution in [0.5, 0.6) is 0 Å². The topological polar surface area (TPSA) is 26.0 Å². The molecule has 0 amide bonds. The van der Waals surface area contributed by atoms with Gasteiger partial charge in [-0.1, -0.05) is 6.08 Å². The van der Waals surface area contributed by atoms with Gasteiger partial charge < -0.3 is 5.73 Å². The fraction of sp³-hybridized carbons (Fsp3) is 0.667. The average molecular weight is 135 g/mol. The lowest BCUT2D eigenvalue weighted by atomic mass is 10.2. The van der Waals surface area contributed by atoms with Gasteiger partial charge in [0.2, 0.25) is 0 Å². The molecule has 0 aromatic carbocycles. The Morgan fingerprint density at radius 2 is 2.11 bits per heavy atom. The lowest BCUT2D eigenvalue weighted by molar-refractivity contribution is 0.0483. The molecule has 0 aliphatic rings. The van der Waals surface area contributed by atoms with Crippen molar-refractivity contribution in [2.75, 3.05) is 6.54 Å². The van der Waals surface area contributed by atoms with Gasteiger partial charge in [-0.05, 0) is 19.5 Å². The summed E-state index contributed by atoms with van der Waals surface area (Å²) < 4.78 is 24.5. The van der Waals surface area contributed by atoms with E-state index in [0.717, 1.165) is 6.08 Å². The van der Waals surface area contributed by atoms with E-state index < -0.39 is 5.92 Å². The molecular formula is C6H11F2N. The summed E-state index contributed by atoms with van der Waals surface area (Å²) in [6.45, 7) is 1.59. The van der Waals surface area contributed by atoms with Crippen molar-refractivity contribution in [1.29, 1.82) is 0 Å². The summed E-state index contributed by atoms with van der Waals surface area (Å²) in [5, 5.41) is 0. The second-order valence-electron chi connectivity index (χ2n) is 1.80. The molecule has 0 spiro atoms. The van der Waals surface area contributed by atoms with Gasteiger partial charge in [0.15, 0.2) is 0 Å². The predicted octanol–water partition coefficient (Wildman–Crippen LogP) is 1.55. The molecule has 0 saturated heterocycles. The number of nitrogens with two attached hydrogens (primary N) is 1. The Bertz CT molecular complexity index is 99.2. The van der Waals surface area contributed by atoms with Gasteiger partial charge in [-0.15, -0.1) is 0 Å². The van der Waals surface area contributed by atoms with Crippen molar-refractivity contribution in [3.63, 3.8) is 0 Å². The van der Waals surface area contributed by atoms with Gasteiger partial charge in [-0.2, -0.15) is 0 Å². The monoisotopic (exact) mass is 135 g/mol. The number of halogens is 2. The molecule has 0 saturated carbocycles. The van der Waals surface area contributed by atoms with Gasteiger partial charge in [-0.3, -0.25) is 0 Å². The number of hydrogen-bond donors (Lipinski definition) is 1. The maximum absolute atomic E-state index is 12.3. The van der Waals surface area contributed by atoms with Crippen molar-refractivity contribution in [3.05, 3.63) is 12.2 Å². The third-order valence-corrected chi connectivity index (χ3v) is 0.888. The molecule has 0 aliphatic carbocycles. The highest BCUT2D eigenvalue weighted by Gasteiger charge is 2.22. The van der Waals surface area contributed by atoms with Gasteiger partial charge in [0.1, 0.15) is 0 Å². The van der Waals surface area contributed by atoms with Crippen LogP contribution in [0.2, 0.25) is 0 Å². The zero-order valence-electron chi connectivity index (χ0n) is 5.40. The molecule has 0 bridgehead atoms. The van der Waals surface area contributed by atoms with E-state index in [1.165, 1.54) is 6.08 Å². The molecule has 54 valence electrons. The summed E-state index contributed by atoms with van der Waals surface area (Å²) in [5.74, 6) is -2.70. The standard InChI is InChI=1S/C6H11F2N/c1-2-3-6(7,8)4-5-9/h2-3H,4-5,9H2,1H3/b3-2+. The average Bonchev–Trinajstić information content (AvgIpc) is 1.64. The van der Waals surface area contributed by atoms with Crippen LogP contribution >= 0.6 is 0 Å². The molecule has 0 aromatic rings. The first-order valence-electron chi connectivity index (χ1n) is 2.84. The van der Waals surface area contributed by atoms with E-state index in [1.807, 2.05) is 0 Å². The van der Waals surface area contributed by atoms with E-state index in [2.05, 4.69) is 0 Å². The molecule has 0 atom stereocenters. The Morgan fingerprint density at radius 1 is 1.56 bits per heavy atom. The number of hydrogen-bond acceptors (Lipinski definition) is 1. The minimum atomic E-state index is -2.70. The minimum absolute atomic E-state index is 0.0251. The molecule has 9 heavy (non-hydrogen) atoms. The smallest absolute Gasteiger partial charge is 0.267 e. The van der Waals surface area contributed by atoms with E-state index in [9.17, 15) is 8.78 Å². The van der Waals surface area contributed by atoms with Crippen LogP contribution in [-0.2, 0) is 0 Å². The second-order valence-corrected chi connectivity index (χ2v) is 1.80. The third-order valence-electron chi connectivity index (χ3n) is 0.888. The highest BCUT2D eigenvalue weighted by Crippen LogP contribution is 2.18. The number of alkyl halides is 2. The van der Waals surface area contributed by atoms with Crippen LogP contribution in [0.4, 0.5) is 8.78 Å². The lowest BCUT2D eigenvalue weighted by Crippen LogP contribution is -2.17. The maximum atomic E-state index is 12.3. The van der Waals surface area contributed by atoms with Crippen molar-refractivity contribution in [1.82, 2.24) is 0 Å². The third kappa shape index (κ3) is 4.09. The quantitative estimate of drug-likeness (QED) is 0.584. The van der Waals surface area contributed by atoms with Gasteiger partial charge >= 0.3 is 0 Å². The highest BCUT2D eigenvalue weighted by molar-refractivity contribution is 4.92. The summed E-state index contributed by atoms with van der Waals surface area (Å²) in [7, 11) is 0. The molecule has 0 aromatic heterocycles. The molecule has 0 fully saturated rings. The lowest BCUT2D eigenvalue weighted by Gasteiger charge is -2.07. The van der Waals surface area contributed by atoms with Crippen LogP contribution in [-0.4, -0.2) is 12.5 Å². The van der Waals surface area contributed by atoms with Gasteiger partial charge in [0, 0.05) is 6.42 Å². The SMILES string of the molecule is C/C=C/C(F)(F)CCN. The van der Waals surface area contributed by atoms with Crippen LogP contribution in [0.3, 0.4) is 0 Å². The fourth-order valence-corrected chi connectivity index (χ4v) is 0.520. The summed E-state index contributed by atoms with van der Waals surface area (Å²) in [6.07, 6.45) is 1.92. The predicted molar refractivity (Wildman–Crippen MR) is 33.4 cm³/mol. The number of allylic oxidation sites excluding steroid dienone is 2. The maximum Gasteiger partial charge on any atom is 0.267 e. The number of rotatable bonds is 3. The second kappa shape index (κ2) is 3.56. The van der Waals surface area contributed by atoms with Crippen molar-refractivity contribution in [2.45, 2.75) is 19.3 Å². The van der Waals surface area contributed by atoms with Crippen LogP contribution in [0.25, 0.3) is 0 Å². The largest absolute Gasteiger partial charge is 0.330 e. The molecule has 0 aliphatic heterocycles. The Labute approximate surface area is 53.5 Å². The van der Waals surface area contributed by atoms with Crippen molar-refractivity contribution in [2.24, 2.45) is 5.73 Å². The Morgan fingerprint density at radius 3 is 2.44 bits per heavy atom. The molecule has 2 N–H and O–H groups in total. The molecule has 3 heteroatoms. The molecular weight excluding hydrogens is 124 g/mol. The zero-order chi connectivity index (χ0) is 7.33. The summed E-state index contributed by atoms with van der Waals surface area (Å²) in [5.41, 5.74) is 4.93. The van der Waals surface area contributed by atoms with E-state index in [4.69, 9.17) is 5.73 Å². The van der Waals surface area contributed by atoms with E-state index in [0.29, 0.717) is 0 Å². The van der Waals surface area contributed by atoms with Gasteiger partial charge in [0.25, 0.3) is 5.92 Å². The first kappa shape index (κ1) is 8.56. The molecule has 1 nitrogen and oxygen atoms in total. The Balaban J connectivity index is 3.70. The molecule has 0 rings (SSSR count).